The third-order valence-electron chi connectivity index (χ3n) is 4.69. The molecule has 0 saturated heterocycles. The molecule has 27 heavy (non-hydrogen) atoms. The molecule has 0 spiro atoms. The van der Waals surface area contributed by atoms with E-state index in [4.69, 9.17) is 5.11 Å². The molecule has 0 aliphatic rings. The van der Waals surface area contributed by atoms with Gasteiger partial charge in [-0.2, -0.15) is 0 Å². The lowest BCUT2D eigenvalue weighted by Crippen LogP contribution is -2.31. The Morgan fingerprint density at radius 3 is 1.33 bits per heavy atom. The highest BCUT2D eigenvalue weighted by atomic mass is 32.2. The molecular weight excluding hydrogens is 366 g/mol. The SMILES string of the molecule is CCS(=O)(=O)NC(=O)CCCCCCCCCCCCCCCCC(=O)O. The highest BCUT2D eigenvalue weighted by Gasteiger charge is 2.10. The van der Waals surface area contributed by atoms with Crippen LogP contribution in [-0.2, 0) is 19.6 Å². The Kier molecular flexibility index (Phi) is 16.3. The van der Waals surface area contributed by atoms with Crippen molar-refractivity contribution in [3.05, 3.63) is 0 Å². The highest BCUT2D eigenvalue weighted by molar-refractivity contribution is 7.90. The normalized spacial score (nSPS) is 11.4. The zero-order chi connectivity index (χ0) is 20.4. The first-order chi connectivity index (χ1) is 12.9. The molecule has 0 unspecified atom stereocenters. The van der Waals surface area contributed by atoms with Crippen LogP contribution in [0.4, 0.5) is 0 Å². The van der Waals surface area contributed by atoms with Crippen LogP contribution in [0.3, 0.4) is 0 Å². The first-order valence-electron chi connectivity index (χ1n) is 10.6. The molecule has 6 nitrogen and oxygen atoms in total. The van der Waals surface area contributed by atoms with Crippen LogP contribution < -0.4 is 4.72 Å². The number of carboxylic acid groups (broad SMARTS) is 1. The minimum Gasteiger partial charge on any atom is -0.481 e. The summed E-state index contributed by atoms with van der Waals surface area (Å²) in [6.07, 6.45) is 16.3. The maximum Gasteiger partial charge on any atom is 0.303 e. The Bertz CT molecular complexity index is 491. The van der Waals surface area contributed by atoms with Gasteiger partial charge in [0.15, 0.2) is 0 Å². The monoisotopic (exact) mass is 405 g/mol. The Morgan fingerprint density at radius 1 is 0.667 bits per heavy atom. The summed E-state index contributed by atoms with van der Waals surface area (Å²) >= 11 is 0. The van der Waals surface area contributed by atoms with Crippen LogP contribution in [0.15, 0.2) is 0 Å². The third kappa shape index (κ3) is 19.5. The highest BCUT2D eigenvalue weighted by Crippen LogP contribution is 2.13. The van der Waals surface area contributed by atoms with Crippen molar-refractivity contribution in [1.82, 2.24) is 4.72 Å². The standard InChI is InChI=1S/C20H39NO5S/c1-2-27(25,26)21-19(22)17-15-13-11-9-7-5-3-4-6-8-10-12-14-16-18-20(23)24/h2-18H2,1H3,(H,21,22)(H,23,24). The second-order valence-electron chi connectivity index (χ2n) is 7.27. The van der Waals surface area contributed by atoms with E-state index in [2.05, 4.69) is 4.72 Å². The quantitative estimate of drug-likeness (QED) is 0.301. The second kappa shape index (κ2) is 17.0. The molecule has 0 fully saturated rings. The molecule has 0 aromatic rings. The number of unbranched alkanes of at least 4 members (excludes halogenated alkanes) is 13. The zero-order valence-electron chi connectivity index (χ0n) is 17.0. The van der Waals surface area contributed by atoms with E-state index in [0.29, 0.717) is 6.42 Å². The predicted octanol–water partition coefficient (Wildman–Crippen LogP) is 4.78. The number of carboxylic acids is 1. The molecule has 0 aromatic carbocycles. The van der Waals surface area contributed by atoms with Gasteiger partial charge >= 0.3 is 5.97 Å². The average Bonchev–Trinajstić information content (AvgIpc) is 2.60. The maximum absolute atomic E-state index is 11.5. The van der Waals surface area contributed by atoms with E-state index in [1.807, 2.05) is 0 Å². The van der Waals surface area contributed by atoms with E-state index in [9.17, 15) is 18.0 Å². The van der Waals surface area contributed by atoms with Gasteiger partial charge in [-0.3, -0.25) is 14.3 Å². The van der Waals surface area contributed by atoms with Gasteiger partial charge in [-0.1, -0.05) is 77.0 Å². The summed E-state index contributed by atoms with van der Waals surface area (Å²) in [4.78, 5) is 21.8. The van der Waals surface area contributed by atoms with Crippen molar-refractivity contribution >= 4 is 21.9 Å². The topological polar surface area (TPSA) is 101 Å². The van der Waals surface area contributed by atoms with Gasteiger partial charge < -0.3 is 5.11 Å². The summed E-state index contributed by atoms with van der Waals surface area (Å²) < 4.78 is 24.6. The van der Waals surface area contributed by atoms with Gasteiger partial charge in [-0.15, -0.1) is 0 Å². The van der Waals surface area contributed by atoms with Gasteiger partial charge in [-0.05, 0) is 19.8 Å². The third-order valence-corrected chi connectivity index (χ3v) is 5.99. The van der Waals surface area contributed by atoms with Crippen LogP contribution in [-0.4, -0.2) is 31.2 Å². The molecule has 0 rings (SSSR count). The smallest absolute Gasteiger partial charge is 0.303 e. The summed E-state index contributed by atoms with van der Waals surface area (Å²) in [5, 5.41) is 8.55. The minimum absolute atomic E-state index is 0.0640. The van der Waals surface area contributed by atoms with Gasteiger partial charge in [-0.25, -0.2) is 8.42 Å². The van der Waals surface area contributed by atoms with E-state index < -0.39 is 21.9 Å². The molecule has 0 aromatic heterocycles. The molecule has 7 heteroatoms. The molecule has 1 amide bonds. The van der Waals surface area contributed by atoms with Crippen LogP contribution in [0, 0.1) is 0 Å². The predicted molar refractivity (Wildman–Crippen MR) is 109 cm³/mol. The maximum atomic E-state index is 11.5. The second-order valence-corrected chi connectivity index (χ2v) is 9.28. The van der Waals surface area contributed by atoms with Crippen LogP contribution in [0.25, 0.3) is 0 Å². The Morgan fingerprint density at radius 2 is 1.00 bits per heavy atom. The largest absolute Gasteiger partial charge is 0.481 e. The van der Waals surface area contributed by atoms with Gasteiger partial charge in [0.05, 0.1) is 5.75 Å². The summed E-state index contributed by atoms with van der Waals surface area (Å²) in [7, 11) is -3.41. The van der Waals surface area contributed by atoms with E-state index in [-0.39, 0.29) is 12.2 Å². The van der Waals surface area contributed by atoms with Gasteiger partial charge in [0.1, 0.15) is 0 Å². The van der Waals surface area contributed by atoms with Crippen molar-refractivity contribution in [2.24, 2.45) is 0 Å². The summed E-state index contributed by atoms with van der Waals surface area (Å²) in [5.74, 6) is -1.15. The van der Waals surface area contributed by atoms with Gasteiger partial charge in [0.2, 0.25) is 15.9 Å². The Hall–Kier alpha value is -1.11. The molecule has 0 radical (unpaired) electrons. The van der Waals surface area contributed by atoms with Crippen LogP contribution in [0.5, 0.6) is 0 Å². The first-order valence-corrected chi connectivity index (χ1v) is 12.3. The average molecular weight is 406 g/mol. The number of rotatable bonds is 19. The van der Waals surface area contributed by atoms with E-state index in [1.165, 1.54) is 58.3 Å². The summed E-state index contributed by atoms with van der Waals surface area (Å²) in [5.41, 5.74) is 0. The van der Waals surface area contributed by atoms with Crippen molar-refractivity contribution in [2.75, 3.05) is 5.75 Å². The molecule has 0 saturated carbocycles. The van der Waals surface area contributed by atoms with E-state index in [1.54, 1.807) is 0 Å². The zero-order valence-corrected chi connectivity index (χ0v) is 17.8. The molecular formula is C20H39NO5S. The van der Waals surface area contributed by atoms with Crippen LogP contribution in [0.1, 0.15) is 110 Å². The number of carbonyl (C=O) groups is 2. The van der Waals surface area contributed by atoms with E-state index in [0.717, 1.165) is 38.5 Å². The van der Waals surface area contributed by atoms with Crippen molar-refractivity contribution in [3.8, 4) is 0 Å². The van der Waals surface area contributed by atoms with Gasteiger partial charge in [0.25, 0.3) is 0 Å². The van der Waals surface area contributed by atoms with Crippen molar-refractivity contribution < 1.29 is 23.1 Å². The number of aliphatic carboxylic acids is 1. The summed E-state index contributed by atoms with van der Waals surface area (Å²) in [6, 6.07) is 0. The van der Waals surface area contributed by atoms with Gasteiger partial charge in [0, 0.05) is 12.8 Å². The molecule has 0 heterocycles. The van der Waals surface area contributed by atoms with E-state index >= 15 is 0 Å². The number of hydrogen-bond donors (Lipinski definition) is 2. The van der Waals surface area contributed by atoms with Crippen LogP contribution in [0.2, 0.25) is 0 Å². The molecule has 160 valence electrons. The fourth-order valence-corrected chi connectivity index (χ4v) is 3.57. The molecule has 0 aliphatic carbocycles. The molecule has 2 N–H and O–H groups in total. The number of sulfonamides is 1. The minimum atomic E-state index is -3.41. The molecule has 0 atom stereocenters. The number of amides is 1. The Labute approximate surface area is 165 Å². The first kappa shape index (κ1) is 25.9. The lowest BCUT2D eigenvalue weighted by molar-refractivity contribution is -0.137. The summed E-state index contributed by atoms with van der Waals surface area (Å²) in [6.45, 7) is 1.51. The van der Waals surface area contributed by atoms with Crippen molar-refractivity contribution in [3.63, 3.8) is 0 Å². The van der Waals surface area contributed by atoms with Crippen LogP contribution >= 0.6 is 0 Å². The van der Waals surface area contributed by atoms with Crippen molar-refractivity contribution in [1.29, 1.82) is 0 Å². The Balaban J connectivity index is 3.23. The van der Waals surface area contributed by atoms with Crippen molar-refractivity contribution in [2.45, 2.75) is 110 Å². The fourth-order valence-electron chi connectivity index (χ4n) is 2.98. The lowest BCUT2D eigenvalue weighted by atomic mass is 10.0. The lowest BCUT2D eigenvalue weighted by Gasteiger charge is -2.05. The fraction of sp³-hybridized carbons (Fsp3) is 0.900. The number of carbonyl (C=O) groups excluding carboxylic acids is 1. The number of nitrogens with one attached hydrogen (secondary N) is 1. The molecule has 0 bridgehead atoms. The number of hydrogen-bond acceptors (Lipinski definition) is 4. The molecule has 0 aliphatic heterocycles.